The number of Topliss-reactive ketones (excluding diaryl/α,β-unsaturated/α-hetero) is 1. The van der Waals surface area contributed by atoms with Gasteiger partial charge in [-0.2, -0.15) is 0 Å². The summed E-state index contributed by atoms with van der Waals surface area (Å²) >= 11 is 0. The Balaban J connectivity index is 0.000000369. The Morgan fingerprint density at radius 1 is 0.814 bits per heavy atom. The van der Waals surface area contributed by atoms with Crippen LogP contribution in [0.2, 0.25) is 0 Å². The maximum atomic E-state index is 11.8. The fourth-order valence-electron chi connectivity index (χ4n) is 5.35. The first-order valence-corrected chi connectivity index (χ1v) is 15.3. The summed E-state index contributed by atoms with van der Waals surface area (Å²) in [7, 11) is 0. The maximum Gasteiger partial charge on any atom is 0.167 e. The van der Waals surface area contributed by atoms with Crippen molar-refractivity contribution in [3.05, 3.63) is 89.3 Å². The summed E-state index contributed by atoms with van der Waals surface area (Å²) in [5, 5.41) is 14.9. The molecule has 1 N–H and O–H groups in total. The van der Waals surface area contributed by atoms with Crippen LogP contribution in [-0.2, 0) is 37.7 Å². The second-order valence-electron chi connectivity index (χ2n) is 14.5. The molecule has 0 atom stereocenters. The first kappa shape index (κ1) is 36.4. The van der Waals surface area contributed by atoms with E-state index in [-0.39, 0.29) is 37.1 Å². The van der Waals surface area contributed by atoms with Crippen molar-refractivity contribution in [3.63, 3.8) is 0 Å². The van der Waals surface area contributed by atoms with E-state index in [1.165, 1.54) is 32.7 Å². The van der Waals surface area contributed by atoms with Gasteiger partial charge in [-0.15, -0.1) is 34.9 Å². The third-order valence-electron chi connectivity index (χ3n) is 7.27. The molecule has 0 saturated heterocycles. The van der Waals surface area contributed by atoms with E-state index >= 15 is 0 Å². The van der Waals surface area contributed by atoms with Crippen molar-refractivity contribution in [1.29, 1.82) is 0 Å². The van der Waals surface area contributed by atoms with E-state index in [4.69, 9.17) is 4.98 Å². The Morgan fingerprint density at radius 3 is 2.02 bits per heavy atom. The summed E-state index contributed by atoms with van der Waals surface area (Å²) in [6.07, 6.45) is 4.07. The van der Waals surface area contributed by atoms with Gasteiger partial charge in [-0.3, -0.25) is 4.79 Å². The SMILES string of the molecule is C/C(C(=O)C(C)(C)C)=C(/O)C(C)(C)C.CC(C)Cc1[c-]c(-c2nccc3c2ccc2ccccc23)cc(CC(C)C)c1.[Ir]. The molecule has 3 aromatic carbocycles. The number of fused-ring (bicyclic) bond motifs is 3. The van der Waals surface area contributed by atoms with Gasteiger partial charge < -0.3 is 10.1 Å². The van der Waals surface area contributed by atoms with Crippen molar-refractivity contribution < 1.29 is 30.0 Å². The summed E-state index contributed by atoms with van der Waals surface area (Å²) in [5.41, 5.74) is 4.54. The van der Waals surface area contributed by atoms with E-state index in [0.717, 1.165) is 24.1 Å². The van der Waals surface area contributed by atoms with Crippen LogP contribution in [-0.4, -0.2) is 15.9 Å². The quantitative estimate of drug-likeness (QED) is 0.0923. The molecule has 0 aliphatic rings. The van der Waals surface area contributed by atoms with Crippen LogP contribution in [0.3, 0.4) is 0 Å². The Labute approximate surface area is 273 Å². The van der Waals surface area contributed by atoms with Crippen molar-refractivity contribution in [2.45, 2.75) is 89.0 Å². The number of rotatable bonds is 6. The number of carbonyl (C=O) groups is 1. The number of allylic oxidation sites excluding steroid dienone is 2. The van der Waals surface area contributed by atoms with Crippen LogP contribution in [0.15, 0.2) is 72.1 Å². The van der Waals surface area contributed by atoms with Crippen molar-refractivity contribution >= 4 is 27.3 Å². The van der Waals surface area contributed by atoms with Crippen LogP contribution in [0.5, 0.6) is 0 Å². The zero-order chi connectivity index (χ0) is 31.4. The third kappa shape index (κ3) is 9.59. The monoisotopic (exact) mass is 757 g/mol. The van der Waals surface area contributed by atoms with Gasteiger partial charge in [0, 0.05) is 42.7 Å². The molecule has 0 fully saturated rings. The van der Waals surface area contributed by atoms with Crippen LogP contribution in [0.1, 0.15) is 87.3 Å². The summed E-state index contributed by atoms with van der Waals surface area (Å²) in [5.74, 6) is 1.44. The van der Waals surface area contributed by atoms with Gasteiger partial charge in [0.05, 0.1) is 0 Å². The molecule has 1 radical (unpaired) electrons. The molecule has 4 aromatic rings. The van der Waals surface area contributed by atoms with Crippen molar-refractivity contribution in [1.82, 2.24) is 4.98 Å². The molecule has 4 heteroatoms. The van der Waals surface area contributed by atoms with E-state index in [0.29, 0.717) is 17.4 Å². The number of nitrogens with zero attached hydrogens (tertiary/aromatic N) is 1. The molecular weight excluding hydrogens is 707 g/mol. The molecule has 0 amide bonds. The van der Waals surface area contributed by atoms with Gasteiger partial charge in [0.2, 0.25) is 0 Å². The molecule has 0 unspecified atom stereocenters. The van der Waals surface area contributed by atoms with Crippen LogP contribution >= 0.6 is 0 Å². The minimum absolute atomic E-state index is 0. The Bertz CT molecular complexity index is 1550. The third-order valence-corrected chi connectivity index (χ3v) is 7.27. The summed E-state index contributed by atoms with van der Waals surface area (Å²) in [6.45, 7) is 22.0. The van der Waals surface area contributed by atoms with E-state index in [1.807, 2.05) is 47.7 Å². The number of aliphatic hydroxyl groups excluding tert-OH is 1. The van der Waals surface area contributed by atoms with Crippen LogP contribution in [0.25, 0.3) is 32.8 Å². The number of benzene rings is 3. The van der Waals surface area contributed by atoms with Gasteiger partial charge >= 0.3 is 0 Å². The van der Waals surface area contributed by atoms with Crippen LogP contribution in [0, 0.1) is 28.7 Å². The molecule has 233 valence electrons. The van der Waals surface area contributed by atoms with Crippen molar-refractivity contribution in [3.8, 4) is 11.3 Å². The van der Waals surface area contributed by atoms with Gasteiger partial charge in [-0.1, -0.05) is 106 Å². The Hall–Kier alpha value is -2.81. The molecule has 0 bridgehead atoms. The van der Waals surface area contributed by atoms with Gasteiger partial charge in [0.15, 0.2) is 5.78 Å². The number of aliphatic hydroxyl groups is 1. The molecule has 3 nitrogen and oxygen atoms in total. The number of hydrogen-bond acceptors (Lipinski definition) is 3. The number of pyridine rings is 1. The van der Waals surface area contributed by atoms with Gasteiger partial charge in [-0.05, 0) is 64.9 Å². The number of ketones is 1. The maximum absolute atomic E-state index is 11.8. The van der Waals surface area contributed by atoms with Gasteiger partial charge in [-0.25, -0.2) is 0 Å². The summed E-state index contributed by atoms with van der Waals surface area (Å²) in [6, 6.07) is 23.4. The molecule has 43 heavy (non-hydrogen) atoms. The number of hydrogen-bond donors (Lipinski definition) is 1. The average Bonchev–Trinajstić information content (AvgIpc) is 2.89. The standard InChI is InChI=1S/C27H28N.C12H22O2.Ir/c1-18(2)13-20-15-21(14-19(3)4)17-23(16-20)27-26-10-9-22-7-5-6-8-24(22)25(26)11-12-28-27;1-8(9(13)11(2,3)4)10(14)12(5,6)7;/h5-12,15-16,18-19H,13-14H2,1-4H3;13H,1-7H3;/q-1;;/b;9-8-;. The second kappa shape index (κ2) is 14.8. The van der Waals surface area contributed by atoms with Crippen molar-refractivity contribution in [2.24, 2.45) is 22.7 Å². The number of carbonyl (C=O) groups excluding carboxylic acids is 1. The zero-order valence-electron chi connectivity index (χ0n) is 28.0. The molecule has 1 heterocycles. The number of aromatic nitrogens is 1. The molecule has 0 saturated carbocycles. The normalized spacial score (nSPS) is 12.6. The van der Waals surface area contributed by atoms with Crippen LogP contribution in [0.4, 0.5) is 0 Å². The minimum Gasteiger partial charge on any atom is -0.511 e. The molecule has 1 aromatic heterocycles. The Morgan fingerprint density at radius 2 is 1.44 bits per heavy atom. The Kier molecular flexibility index (Phi) is 12.5. The second-order valence-corrected chi connectivity index (χ2v) is 14.5. The fraction of sp³-hybridized carbons (Fsp3) is 0.436. The van der Waals surface area contributed by atoms with Gasteiger partial charge in [0.25, 0.3) is 0 Å². The largest absolute Gasteiger partial charge is 0.511 e. The molecule has 0 aliphatic carbocycles. The fourth-order valence-corrected chi connectivity index (χ4v) is 5.35. The predicted octanol–water partition coefficient (Wildman–Crippen LogP) is 10.7. The van der Waals surface area contributed by atoms with E-state index in [2.05, 4.69) is 88.4 Å². The first-order valence-electron chi connectivity index (χ1n) is 15.3. The van der Waals surface area contributed by atoms with Gasteiger partial charge in [0.1, 0.15) is 5.76 Å². The van der Waals surface area contributed by atoms with Crippen LogP contribution < -0.4 is 0 Å². The molecule has 0 aliphatic heterocycles. The smallest absolute Gasteiger partial charge is 0.167 e. The molecule has 4 rings (SSSR count). The summed E-state index contributed by atoms with van der Waals surface area (Å²) in [4.78, 5) is 16.6. The van der Waals surface area contributed by atoms with E-state index in [1.54, 1.807) is 6.92 Å². The summed E-state index contributed by atoms with van der Waals surface area (Å²) < 4.78 is 0. The average molecular weight is 757 g/mol. The van der Waals surface area contributed by atoms with E-state index in [9.17, 15) is 9.90 Å². The molecular formula is C39H50IrNO2-. The minimum atomic E-state index is -0.427. The zero-order valence-corrected chi connectivity index (χ0v) is 30.4. The first-order chi connectivity index (χ1) is 19.5. The predicted molar refractivity (Wildman–Crippen MR) is 180 cm³/mol. The van der Waals surface area contributed by atoms with Crippen molar-refractivity contribution in [2.75, 3.05) is 0 Å². The topological polar surface area (TPSA) is 50.2 Å². The molecule has 0 spiro atoms. The van der Waals surface area contributed by atoms with E-state index < -0.39 is 5.41 Å².